The van der Waals surface area contributed by atoms with Crippen LogP contribution in [0.2, 0.25) is 0 Å². The van der Waals surface area contributed by atoms with E-state index in [1.165, 1.54) is 47.9 Å². The summed E-state index contributed by atoms with van der Waals surface area (Å²) in [6.45, 7) is 11.2. The lowest BCUT2D eigenvalue weighted by Gasteiger charge is -2.10. The van der Waals surface area contributed by atoms with Gasteiger partial charge in [-0.2, -0.15) is 0 Å². The predicted octanol–water partition coefficient (Wildman–Crippen LogP) is 9.16. The lowest BCUT2D eigenvalue weighted by Crippen LogP contribution is -2.00. The van der Waals surface area contributed by atoms with Crippen molar-refractivity contribution in [1.82, 2.24) is 0 Å². The zero-order chi connectivity index (χ0) is 23.2. The van der Waals surface area contributed by atoms with E-state index < -0.39 is 0 Å². The van der Waals surface area contributed by atoms with Crippen LogP contribution in [0.5, 0.6) is 0 Å². The number of aryl methyl sites for hydroxylation is 4. The molecule has 174 valence electrons. The standard InChI is InChI=1S/C30H44N2/c1-6-11-16-30(32-29-20-18-25(13-8-3)27(22-29)15-10-5)23-31-28-19-17-24(12-7-2)26(21-28)14-9-4/h17-23H,6-16H2,1-5H3. The van der Waals surface area contributed by atoms with Crippen LogP contribution in [0.25, 0.3) is 0 Å². The van der Waals surface area contributed by atoms with E-state index in [0.717, 1.165) is 62.0 Å². The lowest BCUT2D eigenvalue weighted by molar-refractivity contribution is 0.838. The molecule has 0 atom stereocenters. The summed E-state index contributed by atoms with van der Waals surface area (Å²) in [4.78, 5) is 9.88. The smallest absolute Gasteiger partial charge is 0.0636 e. The van der Waals surface area contributed by atoms with Crippen LogP contribution in [0.3, 0.4) is 0 Å². The minimum absolute atomic E-state index is 0.968. The Morgan fingerprint density at radius 2 is 1.12 bits per heavy atom. The van der Waals surface area contributed by atoms with Gasteiger partial charge in [0.15, 0.2) is 0 Å². The molecule has 2 aromatic carbocycles. The van der Waals surface area contributed by atoms with Gasteiger partial charge in [0.1, 0.15) is 0 Å². The summed E-state index contributed by atoms with van der Waals surface area (Å²) in [5, 5.41) is 0. The van der Waals surface area contributed by atoms with Gasteiger partial charge in [-0.15, -0.1) is 0 Å². The number of nitrogens with zero attached hydrogens (tertiary/aromatic N) is 2. The maximum absolute atomic E-state index is 5.03. The van der Waals surface area contributed by atoms with Crippen molar-refractivity contribution in [2.24, 2.45) is 9.98 Å². The van der Waals surface area contributed by atoms with Gasteiger partial charge >= 0.3 is 0 Å². The molecule has 2 nitrogen and oxygen atoms in total. The van der Waals surface area contributed by atoms with E-state index in [1.807, 2.05) is 6.21 Å². The second kappa shape index (κ2) is 14.8. The van der Waals surface area contributed by atoms with E-state index in [9.17, 15) is 0 Å². The van der Waals surface area contributed by atoms with Crippen LogP contribution in [-0.4, -0.2) is 11.9 Å². The quantitative estimate of drug-likeness (QED) is 0.266. The fraction of sp³-hybridized carbons (Fsp3) is 0.533. The number of aliphatic imine (C=N–C) groups is 2. The largest absolute Gasteiger partial charge is 0.255 e. The number of benzene rings is 2. The first-order valence-corrected chi connectivity index (χ1v) is 13.0. The summed E-state index contributed by atoms with van der Waals surface area (Å²) in [6.07, 6.45) is 14.5. The summed E-state index contributed by atoms with van der Waals surface area (Å²) >= 11 is 0. The molecule has 0 amide bonds. The summed E-state index contributed by atoms with van der Waals surface area (Å²) in [5.74, 6) is 0. The van der Waals surface area contributed by atoms with Crippen LogP contribution in [0.4, 0.5) is 11.4 Å². The molecule has 32 heavy (non-hydrogen) atoms. The van der Waals surface area contributed by atoms with Crippen LogP contribution in [0, 0.1) is 0 Å². The van der Waals surface area contributed by atoms with Gasteiger partial charge in [0, 0.05) is 6.21 Å². The molecule has 0 spiro atoms. The number of hydrogen-bond acceptors (Lipinski definition) is 2. The van der Waals surface area contributed by atoms with Crippen LogP contribution >= 0.6 is 0 Å². The Labute approximate surface area is 197 Å². The number of rotatable bonds is 14. The monoisotopic (exact) mass is 432 g/mol. The first-order valence-electron chi connectivity index (χ1n) is 13.0. The lowest BCUT2D eigenvalue weighted by atomic mass is 9.99. The molecule has 0 unspecified atom stereocenters. The van der Waals surface area contributed by atoms with Crippen molar-refractivity contribution in [3.8, 4) is 0 Å². The highest BCUT2D eigenvalue weighted by atomic mass is 14.8. The Bertz CT molecular complexity index is 876. The summed E-state index contributed by atoms with van der Waals surface area (Å²) < 4.78 is 0. The molecule has 2 aromatic rings. The van der Waals surface area contributed by atoms with Gasteiger partial charge in [0.25, 0.3) is 0 Å². The number of hydrogen-bond donors (Lipinski definition) is 0. The molecule has 0 aliphatic carbocycles. The minimum atomic E-state index is 0.968. The third-order valence-corrected chi connectivity index (χ3v) is 5.88. The van der Waals surface area contributed by atoms with E-state index in [4.69, 9.17) is 9.98 Å². The van der Waals surface area contributed by atoms with Crippen molar-refractivity contribution in [1.29, 1.82) is 0 Å². The zero-order valence-corrected chi connectivity index (χ0v) is 21.2. The maximum atomic E-state index is 5.03. The summed E-state index contributed by atoms with van der Waals surface area (Å²) in [5.41, 5.74) is 9.05. The van der Waals surface area contributed by atoms with E-state index in [2.05, 4.69) is 71.0 Å². The highest BCUT2D eigenvalue weighted by molar-refractivity contribution is 6.31. The molecule has 0 radical (unpaired) electrons. The van der Waals surface area contributed by atoms with Gasteiger partial charge in [-0.05, 0) is 85.0 Å². The molecule has 0 fully saturated rings. The van der Waals surface area contributed by atoms with Crippen molar-refractivity contribution in [2.75, 3.05) is 0 Å². The van der Waals surface area contributed by atoms with Gasteiger partial charge in [0.05, 0.1) is 17.1 Å². The van der Waals surface area contributed by atoms with Crippen LogP contribution in [-0.2, 0) is 25.7 Å². The molecule has 0 aliphatic rings. The average molecular weight is 433 g/mol. The van der Waals surface area contributed by atoms with Gasteiger partial charge in [-0.25, -0.2) is 0 Å². The van der Waals surface area contributed by atoms with Crippen molar-refractivity contribution in [3.05, 3.63) is 58.7 Å². The molecule has 0 aliphatic heterocycles. The molecule has 0 saturated heterocycles. The third-order valence-electron chi connectivity index (χ3n) is 5.88. The summed E-state index contributed by atoms with van der Waals surface area (Å²) in [7, 11) is 0. The van der Waals surface area contributed by atoms with E-state index in [1.54, 1.807) is 0 Å². The van der Waals surface area contributed by atoms with Gasteiger partial charge in [-0.3, -0.25) is 9.98 Å². The van der Waals surface area contributed by atoms with E-state index in [-0.39, 0.29) is 0 Å². The second-order valence-electron chi connectivity index (χ2n) is 8.87. The molecular formula is C30H44N2. The summed E-state index contributed by atoms with van der Waals surface area (Å²) in [6, 6.07) is 13.5. The average Bonchev–Trinajstić information content (AvgIpc) is 2.79. The molecule has 2 rings (SSSR count). The van der Waals surface area contributed by atoms with Crippen molar-refractivity contribution in [2.45, 2.75) is 105 Å². The SMILES string of the molecule is CCCCC(C=Nc1ccc(CCC)c(CCC)c1)=Nc1ccc(CCC)c(CCC)c1. The van der Waals surface area contributed by atoms with E-state index in [0.29, 0.717) is 0 Å². The maximum Gasteiger partial charge on any atom is 0.0636 e. The van der Waals surface area contributed by atoms with Crippen molar-refractivity contribution in [3.63, 3.8) is 0 Å². The first-order chi connectivity index (χ1) is 15.6. The molecule has 0 N–H and O–H groups in total. The van der Waals surface area contributed by atoms with E-state index >= 15 is 0 Å². The Morgan fingerprint density at radius 3 is 1.66 bits per heavy atom. The topological polar surface area (TPSA) is 24.7 Å². The van der Waals surface area contributed by atoms with Crippen molar-refractivity contribution < 1.29 is 0 Å². The molecule has 0 saturated carbocycles. The first kappa shape index (κ1) is 26.0. The highest BCUT2D eigenvalue weighted by Crippen LogP contribution is 2.23. The van der Waals surface area contributed by atoms with Gasteiger partial charge in [-0.1, -0.05) is 78.9 Å². The Kier molecular flexibility index (Phi) is 12.0. The Hall–Kier alpha value is -2.22. The highest BCUT2D eigenvalue weighted by Gasteiger charge is 2.06. The van der Waals surface area contributed by atoms with Gasteiger partial charge in [0.2, 0.25) is 0 Å². The molecule has 0 aromatic heterocycles. The number of unbranched alkanes of at least 4 members (excludes halogenated alkanes) is 1. The molecule has 0 bridgehead atoms. The Morgan fingerprint density at radius 1 is 0.625 bits per heavy atom. The normalized spacial score (nSPS) is 12.1. The van der Waals surface area contributed by atoms with Crippen LogP contribution in [0.1, 0.15) is 102 Å². The van der Waals surface area contributed by atoms with Crippen molar-refractivity contribution >= 4 is 23.3 Å². The fourth-order valence-electron chi connectivity index (χ4n) is 4.23. The van der Waals surface area contributed by atoms with Crippen LogP contribution in [0.15, 0.2) is 46.4 Å². The third kappa shape index (κ3) is 8.37. The molecule has 2 heteroatoms. The van der Waals surface area contributed by atoms with Gasteiger partial charge < -0.3 is 0 Å². The second-order valence-corrected chi connectivity index (χ2v) is 8.87. The predicted molar refractivity (Wildman–Crippen MR) is 144 cm³/mol. The zero-order valence-electron chi connectivity index (χ0n) is 21.2. The molecule has 0 heterocycles. The minimum Gasteiger partial charge on any atom is -0.255 e. The Balaban J connectivity index is 2.31. The van der Waals surface area contributed by atoms with Crippen LogP contribution < -0.4 is 0 Å². The molecular weight excluding hydrogens is 388 g/mol. The fourth-order valence-corrected chi connectivity index (χ4v) is 4.23.